The lowest BCUT2D eigenvalue weighted by Crippen LogP contribution is -1.97. The van der Waals surface area contributed by atoms with E-state index in [1.54, 1.807) is 11.3 Å². The highest BCUT2D eigenvalue weighted by molar-refractivity contribution is 7.13. The number of thiophene rings is 1. The summed E-state index contributed by atoms with van der Waals surface area (Å²) in [6, 6.07) is 14.9. The first-order valence-corrected chi connectivity index (χ1v) is 9.41. The van der Waals surface area contributed by atoms with Crippen molar-refractivity contribution in [1.29, 1.82) is 0 Å². The van der Waals surface area contributed by atoms with Crippen molar-refractivity contribution in [2.75, 3.05) is 0 Å². The van der Waals surface area contributed by atoms with Gasteiger partial charge in [-0.05, 0) is 83.8 Å². The van der Waals surface area contributed by atoms with Crippen LogP contribution in [0, 0.1) is 20.8 Å². The summed E-state index contributed by atoms with van der Waals surface area (Å²) in [6.07, 6.45) is 2.82. The van der Waals surface area contributed by atoms with E-state index in [1.807, 2.05) is 6.07 Å². The maximum Gasteiger partial charge on any atom is 0.189 e. The van der Waals surface area contributed by atoms with E-state index in [-0.39, 0.29) is 5.78 Å². The molecule has 0 N–H and O–H groups in total. The number of allylic oxidation sites excluding steroid dienone is 1. The van der Waals surface area contributed by atoms with E-state index in [2.05, 4.69) is 68.6 Å². The molecule has 0 atom stereocenters. The molecular weight excluding hydrogens is 324 g/mol. The smallest absolute Gasteiger partial charge is 0.189 e. The van der Waals surface area contributed by atoms with Crippen LogP contribution in [0.1, 0.15) is 38.2 Å². The Morgan fingerprint density at radius 2 is 1.76 bits per heavy atom. The number of Topliss-reactive ketones (excluding diaryl/α,β-unsaturated/α-hetero) is 1. The third kappa shape index (κ3) is 2.87. The standard InChI is InChI=1S/C23H20OS/c1-14-6-7-17(22-5-4-8-25-22)11-18(14)12-20-13-19-9-15(2)16(3)10-21(19)23(20)24/h4-12H,13H2,1-3H3/b20-12+. The SMILES string of the molecule is Cc1cc2c(cc1C)C(=O)/C(=C/c1cc(-c3cccs3)ccc1C)C2. The number of fused-ring (bicyclic) bond motifs is 1. The normalized spacial score (nSPS) is 15.0. The second-order valence-corrected chi connectivity index (χ2v) is 7.77. The quantitative estimate of drug-likeness (QED) is 0.509. The molecule has 0 unspecified atom stereocenters. The molecule has 1 aromatic heterocycles. The predicted octanol–water partition coefficient (Wildman–Crippen LogP) is 6.16. The van der Waals surface area contributed by atoms with E-state index in [4.69, 9.17) is 0 Å². The van der Waals surface area contributed by atoms with Crippen molar-refractivity contribution in [2.24, 2.45) is 0 Å². The van der Waals surface area contributed by atoms with Gasteiger partial charge in [0.05, 0.1) is 0 Å². The van der Waals surface area contributed by atoms with Gasteiger partial charge in [0.1, 0.15) is 0 Å². The third-order valence-electron chi connectivity index (χ3n) is 5.05. The topological polar surface area (TPSA) is 17.1 Å². The van der Waals surface area contributed by atoms with Crippen molar-refractivity contribution in [3.8, 4) is 10.4 Å². The molecular formula is C23H20OS. The molecule has 124 valence electrons. The number of aryl methyl sites for hydroxylation is 3. The van der Waals surface area contributed by atoms with E-state index in [0.717, 1.165) is 28.7 Å². The summed E-state index contributed by atoms with van der Waals surface area (Å²) in [5.74, 6) is 0.180. The maximum absolute atomic E-state index is 12.8. The molecule has 2 aromatic carbocycles. The van der Waals surface area contributed by atoms with Crippen LogP contribution in [0.15, 0.2) is 53.4 Å². The fourth-order valence-corrected chi connectivity index (χ4v) is 4.11. The van der Waals surface area contributed by atoms with Crippen molar-refractivity contribution < 1.29 is 4.79 Å². The van der Waals surface area contributed by atoms with Crippen molar-refractivity contribution in [1.82, 2.24) is 0 Å². The zero-order valence-corrected chi connectivity index (χ0v) is 15.5. The zero-order valence-electron chi connectivity index (χ0n) is 14.7. The maximum atomic E-state index is 12.8. The van der Waals surface area contributed by atoms with Crippen LogP contribution < -0.4 is 0 Å². The second-order valence-electron chi connectivity index (χ2n) is 6.82. The number of hydrogen-bond donors (Lipinski definition) is 0. The van der Waals surface area contributed by atoms with E-state index in [9.17, 15) is 4.79 Å². The molecule has 0 aliphatic heterocycles. The largest absolute Gasteiger partial charge is 0.289 e. The van der Waals surface area contributed by atoms with Gasteiger partial charge in [0.25, 0.3) is 0 Å². The highest BCUT2D eigenvalue weighted by Crippen LogP contribution is 2.32. The van der Waals surface area contributed by atoms with E-state index in [0.29, 0.717) is 0 Å². The molecule has 1 aliphatic carbocycles. The first-order valence-electron chi connectivity index (χ1n) is 8.53. The van der Waals surface area contributed by atoms with Gasteiger partial charge in [-0.3, -0.25) is 4.79 Å². The molecule has 1 nitrogen and oxygen atoms in total. The first kappa shape index (κ1) is 16.0. The molecule has 0 fully saturated rings. The highest BCUT2D eigenvalue weighted by Gasteiger charge is 2.25. The Hall–Kier alpha value is -2.45. The molecule has 1 aliphatic rings. The van der Waals surface area contributed by atoms with Crippen LogP contribution in [-0.2, 0) is 6.42 Å². The summed E-state index contributed by atoms with van der Waals surface area (Å²) in [4.78, 5) is 14.1. The average molecular weight is 344 g/mol. The van der Waals surface area contributed by atoms with Gasteiger partial charge in [-0.25, -0.2) is 0 Å². The molecule has 1 heterocycles. The summed E-state index contributed by atoms with van der Waals surface area (Å²) in [7, 11) is 0. The van der Waals surface area contributed by atoms with Crippen LogP contribution in [0.25, 0.3) is 16.5 Å². The zero-order chi connectivity index (χ0) is 17.6. The van der Waals surface area contributed by atoms with Gasteiger partial charge in [-0.15, -0.1) is 11.3 Å². The van der Waals surface area contributed by atoms with Gasteiger partial charge >= 0.3 is 0 Å². The highest BCUT2D eigenvalue weighted by atomic mass is 32.1. The monoisotopic (exact) mass is 344 g/mol. The van der Waals surface area contributed by atoms with Gasteiger partial charge in [0.2, 0.25) is 0 Å². The second kappa shape index (κ2) is 6.12. The Morgan fingerprint density at radius 3 is 2.52 bits per heavy atom. The number of carbonyl (C=O) groups is 1. The molecule has 3 aromatic rings. The van der Waals surface area contributed by atoms with Crippen molar-refractivity contribution in [3.05, 3.63) is 86.8 Å². The van der Waals surface area contributed by atoms with E-state index >= 15 is 0 Å². The van der Waals surface area contributed by atoms with Crippen molar-refractivity contribution in [2.45, 2.75) is 27.2 Å². The Labute approximate surface area is 152 Å². The summed E-state index contributed by atoms with van der Waals surface area (Å²) in [6.45, 7) is 6.28. The van der Waals surface area contributed by atoms with Crippen LogP contribution in [0.4, 0.5) is 0 Å². The Kier molecular flexibility index (Phi) is 3.93. The van der Waals surface area contributed by atoms with Gasteiger partial charge in [0, 0.05) is 22.4 Å². The lowest BCUT2D eigenvalue weighted by atomic mass is 10.0. The minimum Gasteiger partial charge on any atom is -0.289 e. The van der Waals surface area contributed by atoms with Gasteiger partial charge in [0.15, 0.2) is 5.78 Å². The number of ketones is 1. The van der Waals surface area contributed by atoms with Gasteiger partial charge < -0.3 is 0 Å². The van der Waals surface area contributed by atoms with Gasteiger partial charge in [-0.1, -0.05) is 24.3 Å². The molecule has 2 heteroatoms. The minimum atomic E-state index is 0.180. The first-order chi connectivity index (χ1) is 12.0. The summed E-state index contributed by atoms with van der Waals surface area (Å²) < 4.78 is 0. The number of benzene rings is 2. The lowest BCUT2D eigenvalue weighted by Gasteiger charge is -2.05. The fourth-order valence-electron chi connectivity index (χ4n) is 3.39. The molecule has 25 heavy (non-hydrogen) atoms. The summed E-state index contributed by atoms with van der Waals surface area (Å²) >= 11 is 1.74. The Morgan fingerprint density at radius 1 is 0.960 bits per heavy atom. The van der Waals surface area contributed by atoms with E-state index < -0.39 is 0 Å². The fraction of sp³-hybridized carbons (Fsp3) is 0.174. The molecule has 0 saturated heterocycles. The number of hydrogen-bond acceptors (Lipinski definition) is 2. The van der Waals surface area contributed by atoms with E-state index in [1.165, 1.54) is 27.1 Å². The van der Waals surface area contributed by atoms with Crippen LogP contribution in [0.2, 0.25) is 0 Å². The Balaban J connectivity index is 1.75. The molecule has 4 rings (SSSR count). The van der Waals surface area contributed by atoms with Crippen LogP contribution in [0.5, 0.6) is 0 Å². The van der Waals surface area contributed by atoms with Crippen LogP contribution >= 0.6 is 11.3 Å². The van der Waals surface area contributed by atoms with Gasteiger partial charge in [-0.2, -0.15) is 0 Å². The molecule has 0 spiro atoms. The van der Waals surface area contributed by atoms with Crippen molar-refractivity contribution >= 4 is 23.2 Å². The molecule has 0 bridgehead atoms. The average Bonchev–Trinajstić information content (AvgIpc) is 3.21. The summed E-state index contributed by atoms with van der Waals surface area (Å²) in [5, 5.41) is 2.09. The third-order valence-corrected chi connectivity index (χ3v) is 5.97. The Bertz CT molecular complexity index is 1010. The number of rotatable bonds is 2. The van der Waals surface area contributed by atoms with Crippen LogP contribution in [0.3, 0.4) is 0 Å². The summed E-state index contributed by atoms with van der Waals surface area (Å²) in [5.41, 5.74) is 8.91. The predicted molar refractivity (Wildman–Crippen MR) is 106 cm³/mol. The van der Waals surface area contributed by atoms with Crippen molar-refractivity contribution in [3.63, 3.8) is 0 Å². The lowest BCUT2D eigenvalue weighted by molar-refractivity contribution is 0.104. The molecule has 0 radical (unpaired) electrons. The molecule has 0 saturated carbocycles. The minimum absolute atomic E-state index is 0.180. The van der Waals surface area contributed by atoms with Crippen LogP contribution in [-0.4, -0.2) is 5.78 Å². The molecule has 0 amide bonds. The number of carbonyl (C=O) groups excluding carboxylic acids is 1.